The number of fused-ring (bicyclic) bond motifs is 1. The van der Waals surface area contributed by atoms with Gasteiger partial charge in [0.25, 0.3) is 0 Å². The molecule has 28 heavy (non-hydrogen) atoms. The van der Waals surface area contributed by atoms with Crippen molar-refractivity contribution in [1.82, 2.24) is 5.32 Å². The molecular weight excluding hydrogens is 356 g/mol. The molecule has 1 spiro atoms. The molecule has 2 fully saturated rings. The first kappa shape index (κ1) is 17.4. The summed E-state index contributed by atoms with van der Waals surface area (Å²) >= 11 is 0. The van der Waals surface area contributed by atoms with E-state index in [-0.39, 0.29) is 24.0 Å². The Morgan fingerprint density at radius 2 is 2.00 bits per heavy atom. The van der Waals surface area contributed by atoms with Gasteiger partial charge in [0.1, 0.15) is 12.4 Å². The molecule has 0 radical (unpaired) electrons. The summed E-state index contributed by atoms with van der Waals surface area (Å²) in [5.74, 6) is 2.47. The third kappa shape index (κ3) is 3.40. The van der Waals surface area contributed by atoms with Gasteiger partial charge in [0, 0.05) is 17.7 Å². The molecule has 6 nitrogen and oxygen atoms in total. The molecule has 3 aliphatic rings. The van der Waals surface area contributed by atoms with Gasteiger partial charge in [0.05, 0.1) is 0 Å². The number of hydrogen-bond donors (Lipinski definition) is 2. The molecule has 0 bridgehead atoms. The fraction of sp³-hybridized carbons (Fsp3) is 0.409. The van der Waals surface area contributed by atoms with E-state index in [9.17, 15) is 4.79 Å². The van der Waals surface area contributed by atoms with E-state index in [4.69, 9.17) is 14.2 Å². The summed E-state index contributed by atoms with van der Waals surface area (Å²) in [6.45, 7) is 2.72. The number of rotatable bonds is 5. The van der Waals surface area contributed by atoms with E-state index in [1.54, 1.807) is 0 Å². The van der Waals surface area contributed by atoms with E-state index >= 15 is 0 Å². The highest BCUT2D eigenvalue weighted by atomic mass is 16.7. The van der Waals surface area contributed by atoms with Crippen LogP contribution in [0.15, 0.2) is 42.5 Å². The number of benzene rings is 2. The van der Waals surface area contributed by atoms with E-state index < -0.39 is 0 Å². The average molecular weight is 380 g/mol. The van der Waals surface area contributed by atoms with Gasteiger partial charge in [0.2, 0.25) is 12.7 Å². The van der Waals surface area contributed by atoms with Gasteiger partial charge in [-0.05, 0) is 67.6 Å². The van der Waals surface area contributed by atoms with Gasteiger partial charge >= 0.3 is 0 Å². The first-order valence-corrected chi connectivity index (χ1v) is 9.85. The fourth-order valence-electron chi connectivity index (χ4n) is 4.30. The Bertz CT molecular complexity index is 892. The Labute approximate surface area is 164 Å². The lowest BCUT2D eigenvalue weighted by Gasteiger charge is -2.23. The zero-order chi connectivity index (χ0) is 19.0. The van der Waals surface area contributed by atoms with Crippen molar-refractivity contribution in [2.45, 2.75) is 25.9 Å². The van der Waals surface area contributed by atoms with Crippen molar-refractivity contribution in [3.05, 3.63) is 48.0 Å². The molecule has 2 heterocycles. The third-order valence-corrected chi connectivity index (χ3v) is 6.05. The number of ether oxygens (including phenoxy) is 3. The molecule has 5 rings (SSSR count). The lowest BCUT2D eigenvalue weighted by atomic mass is 9.92. The molecule has 0 aromatic heterocycles. The molecule has 1 atom stereocenters. The second-order valence-electron chi connectivity index (χ2n) is 7.86. The number of piperidine rings is 1. The third-order valence-electron chi connectivity index (χ3n) is 6.05. The maximum atomic E-state index is 12.7. The molecule has 1 saturated heterocycles. The van der Waals surface area contributed by atoms with Gasteiger partial charge < -0.3 is 24.8 Å². The van der Waals surface area contributed by atoms with E-state index in [1.807, 2.05) is 42.5 Å². The summed E-state index contributed by atoms with van der Waals surface area (Å²) in [5.41, 5.74) is 2.07. The molecule has 2 aliphatic heterocycles. The van der Waals surface area contributed by atoms with Crippen molar-refractivity contribution in [2.24, 2.45) is 11.3 Å². The predicted octanol–water partition coefficient (Wildman–Crippen LogP) is 3.32. The van der Waals surface area contributed by atoms with Crippen LogP contribution in [0.25, 0.3) is 0 Å². The monoisotopic (exact) mass is 380 g/mol. The van der Waals surface area contributed by atoms with Crippen LogP contribution < -0.4 is 24.8 Å². The van der Waals surface area contributed by atoms with Crippen LogP contribution in [-0.2, 0) is 11.4 Å². The second-order valence-corrected chi connectivity index (χ2v) is 7.86. The highest BCUT2D eigenvalue weighted by Gasteiger charge is 2.57. The molecule has 6 heteroatoms. The fourth-order valence-corrected chi connectivity index (χ4v) is 4.30. The van der Waals surface area contributed by atoms with Crippen molar-refractivity contribution < 1.29 is 19.0 Å². The summed E-state index contributed by atoms with van der Waals surface area (Å²) in [5, 5.41) is 6.47. The van der Waals surface area contributed by atoms with Crippen LogP contribution in [0.5, 0.6) is 17.2 Å². The Morgan fingerprint density at radius 3 is 2.89 bits per heavy atom. The van der Waals surface area contributed by atoms with Crippen molar-refractivity contribution in [3.8, 4) is 17.2 Å². The van der Waals surface area contributed by atoms with Gasteiger partial charge in [-0.15, -0.1) is 0 Å². The number of hydrogen-bond acceptors (Lipinski definition) is 5. The molecule has 1 saturated carbocycles. The normalized spacial score (nSPS) is 21.4. The maximum absolute atomic E-state index is 12.7. The molecular formula is C22H24N2O4. The minimum atomic E-state index is 0.149. The lowest BCUT2D eigenvalue weighted by molar-refractivity contribution is -0.118. The van der Waals surface area contributed by atoms with E-state index in [0.717, 1.165) is 55.1 Å². The minimum absolute atomic E-state index is 0.149. The second kappa shape index (κ2) is 7.02. The number of amides is 1. The maximum Gasteiger partial charge on any atom is 0.231 e. The number of nitrogens with one attached hydrogen (secondary N) is 2. The predicted molar refractivity (Wildman–Crippen MR) is 105 cm³/mol. The summed E-state index contributed by atoms with van der Waals surface area (Å²) in [4.78, 5) is 12.7. The molecule has 2 aromatic carbocycles. The highest BCUT2D eigenvalue weighted by Crippen LogP contribution is 2.58. The average Bonchev–Trinajstić information content (AvgIpc) is 3.20. The Kier molecular flexibility index (Phi) is 4.36. The van der Waals surface area contributed by atoms with Crippen LogP contribution in [-0.4, -0.2) is 25.8 Å². The molecule has 1 amide bonds. The number of carbonyl (C=O) groups is 1. The van der Waals surface area contributed by atoms with Gasteiger partial charge in [0.15, 0.2) is 11.5 Å². The van der Waals surface area contributed by atoms with Crippen molar-refractivity contribution in [3.63, 3.8) is 0 Å². The summed E-state index contributed by atoms with van der Waals surface area (Å²) < 4.78 is 16.6. The standard InChI is InChI=1S/C22H24N2O4/c25-21(18-12-22(18)6-8-23-9-7-22)24-16-3-1-2-15(10-16)13-26-17-4-5-19-20(11-17)28-14-27-19/h1-5,10-11,18,23H,6-9,12-14H2,(H,24,25). The Morgan fingerprint density at radius 1 is 1.14 bits per heavy atom. The molecule has 1 unspecified atom stereocenters. The van der Waals surface area contributed by atoms with Crippen molar-refractivity contribution in [1.29, 1.82) is 0 Å². The SMILES string of the molecule is O=C(Nc1cccc(COc2ccc3c(c2)OCO3)c1)C1CC12CCNCC2. The minimum Gasteiger partial charge on any atom is -0.489 e. The van der Waals surface area contributed by atoms with Crippen LogP contribution in [0.2, 0.25) is 0 Å². The summed E-state index contributed by atoms with van der Waals surface area (Å²) in [7, 11) is 0. The lowest BCUT2D eigenvalue weighted by Crippen LogP contribution is -2.31. The first-order chi connectivity index (χ1) is 13.7. The molecule has 146 valence electrons. The van der Waals surface area contributed by atoms with Gasteiger partial charge in [-0.1, -0.05) is 12.1 Å². The Hall–Kier alpha value is -2.73. The number of carbonyl (C=O) groups excluding carboxylic acids is 1. The molecule has 2 aromatic rings. The van der Waals surface area contributed by atoms with Gasteiger partial charge in [-0.2, -0.15) is 0 Å². The van der Waals surface area contributed by atoms with Crippen LogP contribution in [0.4, 0.5) is 5.69 Å². The first-order valence-electron chi connectivity index (χ1n) is 9.85. The van der Waals surface area contributed by atoms with Crippen LogP contribution >= 0.6 is 0 Å². The van der Waals surface area contributed by atoms with Crippen molar-refractivity contribution >= 4 is 11.6 Å². The van der Waals surface area contributed by atoms with Crippen molar-refractivity contribution in [2.75, 3.05) is 25.2 Å². The van der Waals surface area contributed by atoms with Gasteiger partial charge in [-0.25, -0.2) is 0 Å². The molecule has 2 N–H and O–H groups in total. The highest BCUT2D eigenvalue weighted by molar-refractivity contribution is 5.95. The number of anilines is 1. The van der Waals surface area contributed by atoms with Crippen LogP contribution in [0.1, 0.15) is 24.8 Å². The van der Waals surface area contributed by atoms with E-state index in [2.05, 4.69) is 10.6 Å². The summed E-state index contributed by atoms with van der Waals surface area (Å²) in [6, 6.07) is 13.4. The van der Waals surface area contributed by atoms with Gasteiger partial charge in [-0.3, -0.25) is 4.79 Å². The van der Waals surface area contributed by atoms with E-state index in [0.29, 0.717) is 12.4 Å². The largest absolute Gasteiger partial charge is 0.489 e. The molecule has 1 aliphatic carbocycles. The van der Waals surface area contributed by atoms with Crippen LogP contribution in [0, 0.1) is 11.3 Å². The zero-order valence-electron chi connectivity index (χ0n) is 15.7. The van der Waals surface area contributed by atoms with Crippen LogP contribution in [0.3, 0.4) is 0 Å². The smallest absolute Gasteiger partial charge is 0.231 e. The quantitative estimate of drug-likeness (QED) is 0.833. The summed E-state index contributed by atoms with van der Waals surface area (Å²) in [6.07, 6.45) is 3.23. The topological polar surface area (TPSA) is 68.8 Å². The van der Waals surface area contributed by atoms with E-state index in [1.165, 1.54) is 0 Å². The zero-order valence-corrected chi connectivity index (χ0v) is 15.7. The Balaban J connectivity index is 1.19.